The minimum Gasteiger partial charge on any atom is -0.381 e. The molecule has 3 heteroatoms. The van der Waals surface area contributed by atoms with Gasteiger partial charge in [0.1, 0.15) is 0 Å². The van der Waals surface area contributed by atoms with E-state index in [0.717, 1.165) is 11.8 Å². The van der Waals surface area contributed by atoms with Gasteiger partial charge < -0.3 is 5.32 Å². The fraction of sp³-hybridized carbons (Fsp3) is 0.600. The van der Waals surface area contributed by atoms with Gasteiger partial charge >= 0.3 is 0 Å². The van der Waals surface area contributed by atoms with E-state index in [-0.39, 0.29) is 0 Å². The molecule has 1 aromatic rings. The molecule has 18 heavy (non-hydrogen) atoms. The summed E-state index contributed by atoms with van der Waals surface area (Å²) in [5.41, 5.74) is 1.25. The topological polar surface area (TPSA) is 12.0 Å². The minimum atomic E-state index is 0.639. The van der Waals surface area contributed by atoms with Crippen LogP contribution in [0.25, 0.3) is 0 Å². The van der Waals surface area contributed by atoms with E-state index >= 15 is 0 Å². The molecule has 0 spiro atoms. The van der Waals surface area contributed by atoms with Gasteiger partial charge in [-0.05, 0) is 81.4 Å². The van der Waals surface area contributed by atoms with Crippen LogP contribution in [0, 0.1) is 15.4 Å². The number of anilines is 1. The highest BCUT2D eigenvalue weighted by Crippen LogP contribution is 2.33. The van der Waals surface area contributed by atoms with Crippen molar-refractivity contribution < 1.29 is 0 Å². The molecule has 1 nitrogen and oxygen atoms in total. The highest BCUT2D eigenvalue weighted by atomic mass is 127. The predicted octanol–water partition coefficient (Wildman–Crippen LogP) is 5.68. The van der Waals surface area contributed by atoms with Crippen LogP contribution in [0.2, 0.25) is 0 Å². The number of halogens is 2. The van der Waals surface area contributed by atoms with Gasteiger partial charge in [0.2, 0.25) is 0 Å². The molecule has 0 radical (unpaired) electrons. The molecule has 1 aliphatic carbocycles. The van der Waals surface area contributed by atoms with Crippen LogP contribution in [-0.2, 0) is 0 Å². The summed E-state index contributed by atoms with van der Waals surface area (Å²) in [4.78, 5) is 0. The third-order valence-electron chi connectivity index (χ3n) is 3.95. The summed E-state index contributed by atoms with van der Waals surface area (Å²) in [7, 11) is 0. The molecule has 0 heterocycles. The van der Waals surface area contributed by atoms with Crippen molar-refractivity contribution in [1.82, 2.24) is 0 Å². The molecule has 100 valence electrons. The summed E-state index contributed by atoms with van der Waals surface area (Å²) < 4.78 is 2.46. The summed E-state index contributed by atoms with van der Waals surface area (Å²) >= 11 is 6.01. The van der Waals surface area contributed by atoms with Crippen LogP contribution >= 0.6 is 38.5 Å². The van der Waals surface area contributed by atoms with Gasteiger partial charge in [-0.3, -0.25) is 0 Å². The van der Waals surface area contributed by atoms with E-state index < -0.39 is 0 Å². The van der Waals surface area contributed by atoms with E-state index in [4.69, 9.17) is 0 Å². The molecule has 2 atom stereocenters. The Labute approximate surface area is 132 Å². The largest absolute Gasteiger partial charge is 0.381 e. The van der Waals surface area contributed by atoms with Crippen molar-refractivity contribution in [2.24, 2.45) is 11.8 Å². The van der Waals surface area contributed by atoms with Crippen molar-refractivity contribution in [2.45, 2.75) is 45.6 Å². The summed E-state index contributed by atoms with van der Waals surface area (Å²) in [5, 5.41) is 3.72. The maximum absolute atomic E-state index is 3.72. The Morgan fingerprint density at radius 1 is 1.33 bits per heavy atom. The van der Waals surface area contributed by atoms with Gasteiger partial charge in [-0.2, -0.15) is 0 Å². The normalized spacial score (nSPS) is 24.3. The van der Waals surface area contributed by atoms with Crippen LogP contribution in [-0.4, -0.2) is 6.04 Å². The van der Waals surface area contributed by atoms with Gasteiger partial charge in [-0.1, -0.05) is 26.7 Å². The first-order valence-electron chi connectivity index (χ1n) is 6.78. The number of hydrogen-bond acceptors (Lipinski definition) is 1. The van der Waals surface area contributed by atoms with E-state index in [2.05, 4.69) is 75.9 Å². The number of rotatable bonds is 3. The van der Waals surface area contributed by atoms with E-state index in [1.54, 1.807) is 0 Å². The zero-order valence-corrected chi connectivity index (χ0v) is 14.8. The zero-order chi connectivity index (χ0) is 13.1. The Hall–Kier alpha value is 0.230. The molecule has 2 rings (SSSR count). The number of nitrogens with one attached hydrogen (secondary N) is 1. The summed E-state index contributed by atoms with van der Waals surface area (Å²) in [6, 6.07) is 7.13. The molecule has 0 saturated heterocycles. The standard InChI is InChI=1S/C15H21BrIN/c1-10(2)11-4-3-5-13(8-11)18-15-9-12(17)6-7-14(15)16/h6-7,9-11,13,18H,3-5,8H2,1-2H3. The van der Waals surface area contributed by atoms with Crippen LogP contribution in [0.4, 0.5) is 5.69 Å². The van der Waals surface area contributed by atoms with Crippen molar-refractivity contribution in [2.75, 3.05) is 5.32 Å². The second kappa shape index (κ2) is 6.60. The van der Waals surface area contributed by atoms with Gasteiger partial charge in [-0.25, -0.2) is 0 Å². The number of benzene rings is 1. The highest BCUT2D eigenvalue weighted by molar-refractivity contribution is 14.1. The first kappa shape index (κ1) is 14.6. The Morgan fingerprint density at radius 2 is 2.11 bits per heavy atom. The Balaban J connectivity index is 2.02. The van der Waals surface area contributed by atoms with E-state index in [1.807, 2.05) is 0 Å². The maximum Gasteiger partial charge on any atom is 0.0497 e. The molecule has 1 aliphatic rings. The molecule has 0 aromatic heterocycles. The van der Waals surface area contributed by atoms with Crippen LogP contribution in [0.15, 0.2) is 22.7 Å². The van der Waals surface area contributed by atoms with Gasteiger partial charge in [0.25, 0.3) is 0 Å². The lowest BCUT2D eigenvalue weighted by atomic mass is 9.79. The van der Waals surface area contributed by atoms with Gasteiger partial charge in [0.05, 0.1) is 0 Å². The third kappa shape index (κ3) is 3.86. The van der Waals surface area contributed by atoms with Gasteiger partial charge in [0.15, 0.2) is 0 Å². The molecule has 0 bridgehead atoms. The molecule has 1 aromatic carbocycles. The van der Waals surface area contributed by atoms with Crippen molar-refractivity contribution in [3.8, 4) is 0 Å². The molecule has 0 amide bonds. The van der Waals surface area contributed by atoms with Crippen molar-refractivity contribution in [1.29, 1.82) is 0 Å². The average Bonchev–Trinajstić information content (AvgIpc) is 2.34. The Morgan fingerprint density at radius 3 is 2.83 bits per heavy atom. The second-order valence-corrected chi connectivity index (χ2v) is 7.74. The first-order valence-corrected chi connectivity index (χ1v) is 8.65. The quantitative estimate of drug-likeness (QED) is 0.619. The van der Waals surface area contributed by atoms with E-state index in [0.29, 0.717) is 6.04 Å². The summed E-state index contributed by atoms with van der Waals surface area (Å²) in [5.74, 6) is 1.70. The maximum atomic E-state index is 3.72. The highest BCUT2D eigenvalue weighted by Gasteiger charge is 2.24. The summed E-state index contributed by atoms with van der Waals surface area (Å²) in [6.07, 6.45) is 5.39. The van der Waals surface area contributed by atoms with Crippen LogP contribution in [0.3, 0.4) is 0 Å². The third-order valence-corrected chi connectivity index (χ3v) is 5.31. The van der Waals surface area contributed by atoms with Crippen molar-refractivity contribution >= 4 is 44.2 Å². The zero-order valence-electron chi connectivity index (χ0n) is 11.0. The molecule has 0 aliphatic heterocycles. The Bertz CT molecular complexity index is 405. The molecule has 1 saturated carbocycles. The van der Waals surface area contributed by atoms with E-state index in [1.165, 1.54) is 39.4 Å². The molecule has 2 unspecified atom stereocenters. The van der Waals surface area contributed by atoms with E-state index in [9.17, 15) is 0 Å². The fourth-order valence-electron chi connectivity index (χ4n) is 2.79. The van der Waals surface area contributed by atoms with Crippen LogP contribution in [0.5, 0.6) is 0 Å². The Kier molecular flexibility index (Phi) is 5.36. The predicted molar refractivity (Wildman–Crippen MR) is 91.1 cm³/mol. The van der Waals surface area contributed by atoms with Crippen molar-refractivity contribution in [3.05, 3.63) is 26.2 Å². The van der Waals surface area contributed by atoms with Gasteiger partial charge in [0, 0.05) is 19.8 Å². The number of hydrogen-bond donors (Lipinski definition) is 1. The summed E-state index contributed by atoms with van der Waals surface area (Å²) in [6.45, 7) is 4.71. The first-order chi connectivity index (χ1) is 8.56. The van der Waals surface area contributed by atoms with Crippen LogP contribution in [0.1, 0.15) is 39.5 Å². The minimum absolute atomic E-state index is 0.639. The lowest BCUT2D eigenvalue weighted by Crippen LogP contribution is -2.29. The smallest absolute Gasteiger partial charge is 0.0497 e. The molecular formula is C15H21BrIN. The van der Waals surface area contributed by atoms with Gasteiger partial charge in [-0.15, -0.1) is 0 Å². The molecular weight excluding hydrogens is 401 g/mol. The SMILES string of the molecule is CC(C)C1CCCC(Nc2cc(I)ccc2Br)C1. The second-order valence-electron chi connectivity index (χ2n) is 5.64. The fourth-order valence-corrected chi connectivity index (χ4v) is 3.64. The monoisotopic (exact) mass is 421 g/mol. The molecule has 1 fully saturated rings. The average molecular weight is 422 g/mol. The molecule has 1 N–H and O–H groups in total. The van der Waals surface area contributed by atoms with Crippen molar-refractivity contribution in [3.63, 3.8) is 0 Å². The lowest BCUT2D eigenvalue weighted by molar-refractivity contribution is 0.264. The van der Waals surface area contributed by atoms with Crippen LogP contribution < -0.4 is 5.32 Å². The lowest BCUT2D eigenvalue weighted by Gasteiger charge is -2.33.